The molecule has 3 heterocycles. The number of ether oxygens (including phenoxy) is 5. The van der Waals surface area contributed by atoms with Crippen molar-refractivity contribution in [3.05, 3.63) is 65.8 Å². The number of esters is 2. The number of nitrogens with one attached hydrogen (secondary N) is 1. The lowest BCUT2D eigenvalue weighted by molar-refractivity contribution is -0.157. The molecule has 2 saturated heterocycles. The van der Waals surface area contributed by atoms with Gasteiger partial charge in [0.15, 0.2) is 0 Å². The number of rotatable bonds is 14. The Bertz CT molecular complexity index is 1560. The molecule has 0 aliphatic carbocycles. The quantitative estimate of drug-likeness (QED) is 0.0560. The van der Waals surface area contributed by atoms with Gasteiger partial charge in [-0.1, -0.05) is 57.2 Å². The topological polar surface area (TPSA) is 197 Å². The zero-order valence-corrected chi connectivity index (χ0v) is 36.6. The zero-order valence-electron chi connectivity index (χ0n) is 36.6. The highest BCUT2D eigenvalue weighted by Gasteiger charge is 2.54. The van der Waals surface area contributed by atoms with Crippen LogP contribution in [0.2, 0.25) is 0 Å². The number of anilines is 1. The summed E-state index contributed by atoms with van der Waals surface area (Å²) in [6, 6.07) is 8.03. The molecule has 0 aromatic heterocycles. The number of hydrogen-bond acceptors (Lipinski definition) is 13. The first-order chi connectivity index (χ1) is 27.8. The van der Waals surface area contributed by atoms with Gasteiger partial charge in [-0.2, -0.15) is 0 Å². The van der Waals surface area contributed by atoms with Crippen molar-refractivity contribution in [2.75, 3.05) is 25.1 Å². The first-order valence-electron chi connectivity index (χ1n) is 20.8. The Balaban J connectivity index is 0.00000300. The maximum absolute atomic E-state index is 13.0. The van der Waals surface area contributed by atoms with Crippen LogP contribution in [0, 0.1) is 11.8 Å². The van der Waals surface area contributed by atoms with Gasteiger partial charge in [0.1, 0.15) is 23.9 Å². The molecule has 4 rings (SSSR count). The van der Waals surface area contributed by atoms with Gasteiger partial charge in [-0.15, -0.1) is 0 Å². The Hall–Kier alpha value is -3.63. The van der Waals surface area contributed by atoms with Crippen LogP contribution in [0.4, 0.5) is 5.69 Å². The minimum atomic E-state index is -1.46. The lowest BCUT2D eigenvalue weighted by Gasteiger charge is -2.37. The van der Waals surface area contributed by atoms with Crippen molar-refractivity contribution in [2.24, 2.45) is 11.8 Å². The highest BCUT2D eigenvalue weighted by atomic mass is 16.6. The summed E-state index contributed by atoms with van der Waals surface area (Å²) < 4.78 is 29.3. The van der Waals surface area contributed by atoms with Gasteiger partial charge >= 0.3 is 11.9 Å². The highest BCUT2D eigenvalue weighted by Crippen LogP contribution is 2.39. The molecule has 3 aliphatic heterocycles. The second-order valence-corrected chi connectivity index (χ2v) is 16.8. The van der Waals surface area contributed by atoms with Gasteiger partial charge in [-0.25, -0.2) is 0 Å². The predicted molar refractivity (Wildman–Crippen MR) is 225 cm³/mol. The number of benzene rings is 1. The molecule has 59 heavy (non-hydrogen) atoms. The standard InChI is InChI=1S/C44H68N2O10.CH2O2/c1-11-36(52-10)31(6)40-41(56-40)42(45-24-33-15-17-34(18-16-33)46-25-29(4)53-30(5)26-46)44(9,51)21-12-13-27(2)39-28(3)14-19-37(54-32(7)47)43(8,50)22-20-35(48)23-38(49)55-39;2-1-3/h12-19,21,28-31,35-37,39-42,45,48,50-51H,11,20,22-26H2,1-10H3;1H,(H,2,3)/b19-14+,21-12+,27-13+;/t28-,29?,30?,31+,35+,36-,37-,39-,40+,41-,42?,43+,44?;/m0./s1. The van der Waals surface area contributed by atoms with Crippen LogP contribution in [0.25, 0.3) is 0 Å². The van der Waals surface area contributed by atoms with Crippen LogP contribution in [0.3, 0.4) is 0 Å². The number of morpholine rings is 1. The normalized spacial score (nSPS) is 32.5. The summed E-state index contributed by atoms with van der Waals surface area (Å²) in [6.45, 7) is 18.6. The van der Waals surface area contributed by atoms with Crippen LogP contribution >= 0.6 is 0 Å². The number of allylic oxidation sites excluding steroid dienone is 2. The van der Waals surface area contributed by atoms with Crippen molar-refractivity contribution >= 4 is 24.1 Å². The first-order valence-corrected chi connectivity index (χ1v) is 20.8. The SMILES string of the molecule is CC[C@H](OC)[C@@H](C)[C@H]1O[C@@H]1C(NCc1ccc(N2CC(C)OC(C)C2)cc1)C(C)(O)/C=C/C=C(\C)[C@@H]1OC(=O)C[C@H](O)CC[C@@](C)(O)[C@@H](OC(C)=O)/C=C/[C@@H]1C.O=CO. The molecule has 0 amide bonds. The Morgan fingerprint density at radius 3 is 2.31 bits per heavy atom. The minimum absolute atomic E-state index is 0.0242. The number of epoxide rings is 1. The van der Waals surface area contributed by atoms with Crippen molar-refractivity contribution < 1.29 is 58.5 Å². The number of cyclic esters (lactones) is 1. The Morgan fingerprint density at radius 1 is 1.10 bits per heavy atom. The van der Waals surface area contributed by atoms with Crippen LogP contribution in [0.1, 0.15) is 93.6 Å². The maximum atomic E-state index is 13.0. The van der Waals surface area contributed by atoms with Crippen LogP contribution in [0.15, 0.2) is 60.2 Å². The van der Waals surface area contributed by atoms with Gasteiger partial charge in [0.2, 0.25) is 0 Å². The lowest BCUT2D eigenvalue weighted by Crippen LogP contribution is -2.52. The highest BCUT2D eigenvalue weighted by molar-refractivity contribution is 5.70. The maximum Gasteiger partial charge on any atom is 0.309 e. The number of aliphatic hydroxyl groups excluding tert-OH is 1. The van der Waals surface area contributed by atoms with Gasteiger partial charge in [0, 0.05) is 51.2 Å². The number of nitrogens with zero attached hydrogens (tertiary/aromatic N) is 1. The fraction of sp³-hybridized carbons (Fsp3) is 0.667. The second kappa shape index (κ2) is 22.8. The molecule has 1 aromatic carbocycles. The van der Waals surface area contributed by atoms with E-state index in [2.05, 4.69) is 62.2 Å². The molecule has 0 saturated carbocycles. The fourth-order valence-corrected chi connectivity index (χ4v) is 8.11. The number of aliphatic hydroxyl groups is 3. The molecular formula is C45H70N2O12. The first kappa shape index (κ1) is 49.7. The van der Waals surface area contributed by atoms with E-state index >= 15 is 0 Å². The molecule has 13 atom stereocenters. The number of methoxy groups -OCH3 is 1. The van der Waals surface area contributed by atoms with Gasteiger partial charge in [-0.3, -0.25) is 14.4 Å². The van der Waals surface area contributed by atoms with Crippen molar-refractivity contribution in [2.45, 2.75) is 161 Å². The molecule has 0 spiro atoms. The van der Waals surface area contributed by atoms with Crippen LogP contribution in [-0.2, 0) is 44.6 Å². The second-order valence-electron chi connectivity index (χ2n) is 16.8. The molecule has 1 aromatic rings. The largest absolute Gasteiger partial charge is 0.483 e. The van der Waals surface area contributed by atoms with E-state index in [-0.39, 0.29) is 68.1 Å². The molecule has 4 unspecified atom stereocenters. The number of carboxylic acid groups (broad SMARTS) is 1. The van der Waals surface area contributed by atoms with Crippen LogP contribution in [-0.4, -0.2) is 125 Å². The third-order valence-electron chi connectivity index (χ3n) is 11.4. The van der Waals surface area contributed by atoms with Gasteiger partial charge in [0.25, 0.3) is 6.47 Å². The van der Waals surface area contributed by atoms with E-state index in [0.717, 1.165) is 30.8 Å². The van der Waals surface area contributed by atoms with E-state index in [1.165, 1.54) is 6.92 Å². The van der Waals surface area contributed by atoms with E-state index < -0.39 is 47.5 Å². The Morgan fingerprint density at radius 2 is 1.73 bits per heavy atom. The summed E-state index contributed by atoms with van der Waals surface area (Å²) in [4.78, 5) is 35.6. The summed E-state index contributed by atoms with van der Waals surface area (Å²) in [7, 11) is 1.72. The number of carbonyl (C=O) groups is 3. The fourth-order valence-electron chi connectivity index (χ4n) is 8.11. The summed E-state index contributed by atoms with van der Waals surface area (Å²) >= 11 is 0. The molecule has 0 bridgehead atoms. The molecule has 332 valence electrons. The monoisotopic (exact) mass is 830 g/mol. The minimum Gasteiger partial charge on any atom is -0.483 e. The molecule has 14 heteroatoms. The predicted octanol–water partition coefficient (Wildman–Crippen LogP) is 4.87. The molecular weight excluding hydrogens is 760 g/mol. The Labute approximate surface area is 350 Å². The molecule has 3 aliphatic rings. The molecule has 14 nitrogen and oxygen atoms in total. The van der Waals surface area contributed by atoms with Gasteiger partial charge in [-0.05, 0) is 83.2 Å². The molecule has 0 radical (unpaired) electrons. The Kier molecular flexibility index (Phi) is 19.2. The van der Waals surface area contributed by atoms with Crippen molar-refractivity contribution in [3.8, 4) is 0 Å². The number of hydrogen-bond donors (Lipinski definition) is 5. The third-order valence-corrected chi connectivity index (χ3v) is 11.4. The van der Waals surface area contributed by atoms with E-state index in [1.54, 1.807) is 51.3 Å². The average Bonchev–Trinajstić information content (AvgIpc) is 3.95. The summed E-state index contributed by atoms with van der Waals surface area (Å²) in [5.74, 6) is -1.38. The van der Waals surface area contributed by atoms with Crippen LogP contribution in [0.5, 0.6) is 0 Å². The number of carbonyl (C=O) groups excluding carboxylic acids is 2. The molecule has 5 N–H and O–H groups in total. The molecule has 2 fully saturated rings. The van der Waals surface area contributed by atoms with Crippen molar-refractivity contribution in [1.82, 2.24) is 5.32 Å². The zero-order chi connectivity index (χ0) is 44.1. The van der Waals surface area contributed by atoms with E-state index in [1.807, 2.05) is 13.8 Å². The lowest BCUT2D eigenvalue weighted by atomic mass is 9.87. The van der Waals surface area contributed by atoms with Gasteiger partial charge < -0.3 is 54.3 Å². The van der Waals surface area contributed by atoms with E-state index in [0.29, 0.717) is 12.1 Å². The summed E-state index contributed by atoms with van der Waals surface area (Å²) in [5, 5.41) is 44.3. The van der Waals surface area contributed by atoms with Crippen molar-refractivity contribution in [1.29, 1.82) is 0 Å². The average molecular weight is 831 g/mol. The summed E-state index contributed by atoms with van der Waals surface area (Å²) in [5.41, 5.74) is 0.105. The third kappa shape index (κ3) is 15.1. The smallest absolute Gasteiger partial charge is 0.309 e. The van der Waals surface area contributed by atoms with E-state index in [9.17, 15) is 24.9 Å². The van der Waals surface area contributed by atoms with Crippen molar-refractivity contribution in [3.63, 3.8) is 0 Å². The summed E-state index contributed by atoms with van der Waals surface area (Å²) in [6.07, 6.45) is 6.74. The van der Waals surface area contributed by atoms with E-state index in [4.69, 9.17) is 33.6 Å². The van der Waals surface area contributed by atoms with Gasteiger partial charge in [0.05, 0.1) is 48.6 Å². The van der Waals surface area contributed by atoms with Crippen LogP contribution < -0.4 is 10.2 Å².